The topological polar surface area (TPSA) is 518 Å². The van der Waals surface area contributed by atoms with E-state index < -0.39 is 61.9 Å². The fraction of sp³-hybridized carbons (Fsp3) is 0.271. The predicted molar refractivity (Wildman–Crippen MR) is 454 cm³/mol. The van der Waals surface area contributed by atoms with Gasteiger partial charge in [-0.05, 0) is 145 Å². The number of ether oxygens (including phenoxy) is 8. The first-order valence-electron chi connectivity index (χ1n) is 37.8. The van der Waals surface area contributed by atoms with Gasteiger partial charge in [-0.2, -0.15) is 0 Å². The minimum Gasteiger partial charge on any atom is -0.465 e. The van der Waals surface area contributed by atoms with Crippen molar-refractivity contribution in [3.8, 4) is 0 Å². The number of ketones is 1. The Morgan fingerprint density at radius 3 is 1.17 bits per heavy atom. The summed E-state index contributed by atoms with van der Waals surface area (Å²) in [5.41, 5.74) is 21.5. The number of H-pyrrole nitrogens is 4. The molecule has 650 valence electrons. The lowest BCUT2D eigenvalue weighted by molar-refractivity contribution is -0.150. The number of nitrogens with two attached hydrogens (primary N) is 2. The average molecular weight is 1700 g/mol. The number of aromatic amines is 4. The van der Waals surface area contributed by atoms with Crippen molar-refractivity contribution in [2.24, 2.45) is 5.92 Å². The SMILES string of the molecule is CCN1C(=O)C(C)Cc2c(C(=O)OC)cccc21.CCn1c(=O)c(C)nc2cccc(C(=O)OC)c21.COC(=O)C(C)=O.COC(=O)c1cccc(N)c1N.COC(=O)c1cccc2[nH]c(=O)c(C)nc12.COC(=O)c1cccc2[nH]c(=O)c(C)nc12.COC(=O)c1cccc2nc(C)c(=O)[nH]c12.COC(=O)c1cccc2nc(C)c(=O)[nH]c12.[2H]CF.[2H]CF. The standard InChI is InChI=1S/C14H17NO3.C13H14N2O3.4C11H10N2O3.C8H10N2O2.C4H6O3.2CH3F/c1-4-15-12-7-5-6-10(14(17)18-3)11(12)8-9(2)13(15)16;1-4-15-11-9(13(17)18-3)6-5-7-10(11)14-8(2)12(15)16;2*1-6-10(14)13-8-5-3-4-7(9(8)12-6)11(15)16-2;2*1-6-10(14)13-9-7(11(15)16-2)4-3-5-8(9)12-6;1-12-8(11)5-3-2-4-6(9)7(5)10;1-3(5)4(6)7-2;2*1-2/h5-7,9H,4,8H2,1-3H3;5-7H,4H2,1-3H3;4*3-5H,1-2H3,(H,13,14);2-4H,9-10H2,1H3;1-2H3;2*1H3/i;;;;;;;;2*1D. The molecule has 12 aromatic rings. The number of esters is 8. The maximum absolute atomic E-state index is 12.1. The molecule has 38 heteroatoms. The van der Waals surface area contributed by atoms with Crippen LogP contribution >= 0.6 is 0 Å². The largest absolute Gasteiger partial charge is 0.465 e. The summed E-state index contributed by atoms with van der Waals surface area (Å²) in [5.74, 6) is -4.54. The third kappa shape index (κ3) is 25.3. The number of aromatic nitrogens is 10. The van der Waals surface area contributed by atoms with Gasteiger partial charge in [0.2, 0.25) is 11.7 Å². The van der Waals surface area contributed by atoms with Gasteiger partial charge < -0.3 is 78.8 Å². The number of hydrogen-bond acceptors (Lipinski definition) is 30. The number of hydrogen-bond donors (Lipinski definition) is 6. The predicted octanol–water partition coefficient (Wildman–Crippen LogP) is 9.16. The Bertz CT molecular complexity index is 6050. The fourth-order valence-electron chi connectivity index (χ4n) is 11.4. The molecular formula is C85H93F2N13O23. The third-order valence-corrected chi connectivity index (χ3v) is 17.4. The lowest BCUT2D eigenvalue weighted by Crippen LogP contribution is -2.40. The number of amides is 1. The van der Waals surface area contributed by atoms with Crippen LogP contribution in [-0.4, -0.2) is 187 Å². The number of carbonyl (C=O) groups is 10. The molecule has 13 rings (SSSR count). The van der Waals surface area contributed by atoms with Crippen molar-refractivity contribution < 1.29 is 97.4 Å². The van der Waals surface area contributed by atoms with Crippen LogP contribution < -0.4 is 44.2 Å². The number of aryl methyl sites for hydroxylation is 6. The highest BCUT2D eigenvalue weighted by molar-refractivity contribution is 6.32. The first-order valence-corrected chi connectivity index (χ1v) is 36.3. The molecular weight excluding hydrogens is 1610 g/mol. The number of para-hydroxylation sites is 6. The van der Waals surface area contributed by atoms with Crippen molar-refractivity contribution in [2.45, 2.75) is 75.3 Å². The van der Waals surface area contributed by atoms with E-state index in [-0.39, 0.29) is 51.3 Å². The van der Waals surface area contributed by atoms with Gasteiger partial charge in [0.25, 0.3) is 27.8 Å². The van der Waals surface area contributed by atoms with Gasteiger partial charge in [-0.1, -0.05) is 49.4 Å². The van der Waals surface area contributed by atoms with Gasteiger partial charge in [0.15, 0.2) is 0 Å². The van der Waals surface area contributed by atoms with Crippen LogP contribution in [-0.2, 0) is 65.2 Å². The molecule has 6 heterocycles. The molecule has 0 bridgehead atoms. The van der Waals surface area contributed by atoms with E-state index in [2.05, 4.69) is 73.3 Å². The van der Waals surface area contributed by atoms with Gasteiger partial charge >= 0.3 is 47.8 Å². The molecule has 1 aliphatic rings. The molecule has 0 aliphatic carbocycles. The Morgan fingerprint density at radius 2 is 0.764 bits per heavy atom. The van der Waals surface area contributed by atoms with Crippen molar-refractivity contribution in [1.82, 2.24) is 49.4 Å². The molecule has 8 N–H and O–H groups in total. The average Bonchev–Trinajstić information content (AvgIpc) is 0.777. The quantitative estimate of drug-likeness (QED) is 0.0321. The Hall–Kier alpha value is -15.4. The monoisotopic (exact) mass is 1700 g/mol. The number of alkyl halides is 2. The Morgan fingerprint density at radius 1 is 0.431 bits per heavy atom. The number of nitrogens with one attached hydrogen (secondary N) is 4. The Labute approximate surface area is 703 Å². The van der Waals surface area contributed by atoms with Crippen molar-refractivity contribution in [3.05, 3.63) is 252 Å². The number of methoxy groups -OCH3 is 8. The summed E-state index contributed by atoms with van der Waals surface area (Å²) in [6.45, 7) is 16.0. The number of rotatable bonds is 10. The molecule has 1 amide bonds. The van der Waals surface area contributed by atoms with E-state index in [1.807, 2.05) is 26.8 Å². The Balaban J connectivity index is 0.000000299. The molecule has 36 nitrogen and oxygen atoms in total. The highest BCUT2D eigenvalue weighted by Gasteiger charge is 2.32. The van der Waals surface area contributed by atoms with E-state index in [0.29, 0.717) is 148 Å². The second-order valence-electron chi connectivity index (χ2n) is 25.1. The van der Waals surface area contributed by atoms with Crippen molar-refractivity contribution in [1.29, 1.82) is 0 Å². The zero-order valence-corrected chi connectivity index (χ0v) is 70.2. The van der Waals surface area contributed by atoms with E-state index >= 15 is 0 Å². The molecule has 0 radical (unpaired) electrons. The summed E-state index contributed by atoms with van der Waals surface area (Å²) >= 11 is 0. The van der Waals surface area contributed by atoms with Gasteiger partial charge in [-0.15, -0.1) is 0 Å². The highest BCUT2D eigenvalue weighted by Crippen LogP contribution is 2.33. The van der Waals surface area contributed by atoms with Gasteiger partial charge in [0.1, 0.15) is 39.5 Å². The lowest BCUT2D eigenvalue weighted by atomic mass is 9.89. The second kappa shape index (κ2) is 47.9. The summed E-state index contributed by atoms with van der Waals surface area (Å²) in [4.78, 5) is 203. The van der Waals surface area contributed by atoms with Crippen LogP contribution in [0.1, 0.15) is 137 Å². The maximum Gasteiger partial charge on any atom is 0.374 e. The van der Waals surface area contributed by atoms with Crippen LogP contribution in [0.2, 0.25) is 0 Å². The van der Waals surface area contributed by atoms with Crippen LogP contribution in [0.4, 0.5) is 25.8 Å². The van der Waals surface area contributed by atoms with Crippen LogP contribution in [0.5, 0.6) is 0 Å². The maximum atomic E-state index is 12.1. The number of fused-ring (bicyclic) bond motifs is 6. The summed E-state index contributed by atoms with van der Waals surface area (Å²) in [7, 11) is 8.35. The molecule has 7 aromatic carbocycles. The van der Waals surface area contributed by atoms with Crippen LogP contribution in [0, 0.1) is 40.5 Å². The normalized spacial score (nSPS) is 11.3. The number of nitrogens with zero attached hydrogens (tertiary/aromatic N) is 7. The fourth-order valence-corrected chi connectivity index (χ4v) is 11.4. The van der Waals surface area contributed by atoms with E-state index in [1.165, 1.54) is 56.9 Å². The van der Waals surface area contributed by atoms with Crippen LogP contribution in [0.15, 0.2) is 151 Å². The van der Waals surface area contributed by atoms with Gasteiger partial charge in [-0.3, -0.25) is 42.3 Å². The van der Waals surface area contributed by atoms with Gasteiger partial charge in [-0.25, -0.2) is 63.3 Å². The molecule has 0 saturated heterocycles. The molecule has 0 saturated carbocycles. The Kier molecular flexibility index (Phi) is 37.5. The zero-order chi connectivity index (χ0) is 93.8. The molecule has 1 atom stereocenters. The number of benzene rings is 7. The minimum atomic E-state index is -1.00. The van der Waals surface area contributed by atoms with Crippen LogP contribution in [0.3, 0.4) is 0 Å². The number of nitrogen functional groups attached to an aromatic ring is 2. The van der Waals surface area contributed by atoms with Crippen molar-refractivity contribution >= 4 is 132 Å². The van der Waals surface area contributed by atoms with E-state index in [9.17, 15) is 80.7 Å². The third-order valence-electron chi connectivity index (χ3n) is 17.4. The summed E-state index contributed by atoms with van der Waals surface area (Å²) in [6, 6.07) is 35.4. The summed E-state index contributed by atoms with van der Waals surface area (Å²) in [6.07, 6.45) is 0.593. The van der Waals surface area contributed by atoms with E-state index in [0.717, 1.165) is 18.2 Å². The van der Waals surface area contributed by atoms with E-state index in [1.54, 1.807) is 165 Å². The number of carbonyl (C=O) groups excluding carboxylic acids is 10. The van der Waals surface area contributed by atoms with Gasteiger partial charge in [0, 0.05) is 31.6 Å². The van der Waals surface area contributed by atoms with Crippen molar-refractivity contribution in [3.63, 3.8) is 0 Å². The number of Topliss-reactive ketones (excluding diaryl/α,β-unsaturated/α-hetero) is 1. The second-order valence-corrected chi connectivity index (χ2v) is 25.1. The first kappa shape index (κ1) is 96.4. The number of anilines is 3. The number of halogens is 2. The van der Waals surface area contributed by atoms with Crippen molar-refractivity contribution in [2.75, 3.05) is 94.1 Å². The molecule has 123 heavy (non-hydrogen) atoms. The highest BCUT2D eigenvalue weighted by atomic mass is 19.1. The summed E-state index contributed by atoms with van der Waals surface area (Å²) < 4.78 is 69.1. The van der Waals surface area contributed by atoms with E-state index in [4.69, 9.17) is 23.7 Å². The molecule has 1 unspecified atom stereocenters. The molecule has 0 spiro atoms. The first-order chi connectivity index (χ1) is 59.4. The lowest BCUT2D eigenvalue weighted by Gasteiger charge is -2.32. The summed E-state index contributed by atoms with van der Waals surface area (Å²) in [5, 5.41) is 0. The smallest absolute Gasteiger partial charge is 0.374 e. The zero-order valence-electron chi connectivity index (χ0n) is 72.2. The van der Waals surface area contributed by atoms with Gasteiger partial charge in [0.05, 0.1) is 168 Å². The molecule has 0 fully saturated rings. The molecule has 5 aromatic heterocycles. The minimum absolute atomic E-state index is 0.0942. The molecule has 1 aliphatic heterocycles. The van der Waals surface area contributed by atoms with Crippen LogP contribution in [0.25, 0.3) is 55.2 Å².